The van der Waals surface area contributed by atoms with Gasteiger partial charge in [0.1, 0.15) is 0 Å². The van der Waals surface area contributed by atoms with Crippen molar-refractivity contribution in [2.75, 3.05) is 11.9 Å². The number of nitrogens with zero attached hydrogens (tertiary/aromatic N) is 2. The van der Waals surface area contributed by atoms with E-state index in [1.165, 1.54) is 0 Å². The van der Waals surface area contributed by atoms with Crippen LogP contribution in [0.15, 0.2) is 36.7 Å². The molecule has 1 amide bonds. The fourth-order valence-electron chi connectivity index (χ4n) is 2.50. The molecule has 0 atom stereocenters. The molecule has 1 aliphatic rings. The first-order valence-electron chi connectivity index (χ1n) is 7.40. The summed E-state index contributed by atoms with van der Waals surface area (Å²) < 4.78 is 1.71. The number of nitrogens with one attached hydrogen (secondary N) is 2. The second-order valence-corrected chi connectivity index (χ2v) is 5.87. The molecule has 3 N–H and O–H groups in total. The number of carbonyl (C=O) groups excluding carboxylic acids is 1. The number of aryl methyl sites for hydroxylation is 1. The highest BCUT2D eigenvalue weighted by Crippen LogP contribution is 2.30. The van der Waals surface area contributed by atoms with Crippen molar-refractivity contribution >= 4 is 17.3 Å². The molecule has 1 aliphatic carbocycles. The summed E-state index contributed by atoms with van der Waals surface area (Å²) in [5, 5.41) is 20.1. The number of anilines is 2. The maximum absolute atomic E-state index is 12.2. The van der Waals surface area contributed by atoms with Gasteiger partial charge < -0.3 is 15.7 Å². The summed E-state index contributed by atoms with van der Waals surface area (Å²) in [5.41, 5.74) is 1.55. The number of aromatic nitrogens is 2. The Bertz CT molecular complexity index is 676. The van der Waals surface area contributed by atoms with Gasteiger partial charge in [0.25, 0.3) is 5.91 Å². The minimum absolute atomic E-state index is 0.171. The summed E-state index contributed by atoms with van der Waals surface area (Å²) in [6.07, 6.45) is 6.13. The molecule has 1 saturated carbocycles. The van der Waals surface area contributed by atoms with Crippen molar-refractivity contribution in [3.8, 4) is 0 Å². The van der Waals surface area contributed by atoms with Crippen LogP contribution in [0.4, 0.5) is 11.4 Å². The number of amides is 1. The lowest BCUT2D eigenvalue weighted by molar-refractivity contribution is -0.0300. The zero-order valence-electron chi connectivity index (χ0n) is 12.5. The van der Waals surface area contributed by atoms with Crippen LogP contribution in [0.1, 0.15) is 29.6 Å². The van der Waals surface area contributed by atoms with Gasteiger partial charge in [-0.05, 0) is 37.5 Å². The van der Waals surface area contributed by atoms with Crippen molar-refractivity contribution in [3.05, 3.63) is 42.2 Å². The number of hydrogen-bond acceptors (Lipinski definition) is 4. The smallest absolute Gasteiger partial charge is 0.251 e. The second-order valence-electron chi connectivity index (χ2n) is 5.87. The Hall–Kier alpha value is -2.34. The molecule has 6 nitrogen and oxygen atoms in total. The van der Waals surface area contributed by atoms with Crippen molar-refractivity contribution in [1.29, 1.82) is 0 Å². The molecular formula is C16H20N4O2. The van der Waals surface area contributed by atoms with Gasteiger partial charge in [-0.1, -0.05) is 6.07 Å². The largest absolute Gasteiger partial charge is 0.388 e. The summed E-state index contributed by atoms with van der Waals surface area (Å²) in [6.45, 7) is 0.312. The van der Waals surface area contributed by atoms with E-state index in [9.17, 15) is 9.90 Å². The van der Waals surface area contributed by atoms with Crippen LogP contribution in [0, 0.1) is 0 Å². The van der Waals surface area contributed by atoms with E-state index >= 15 is 0 Å². The number of hydrogen-bond donors (Lipinski definition) is 3. The molecule has 0 unspecified atom stereocenters. The van der Waals surface area contributed by atoms with Gasteiger partial charge in [-0.15, -0.1) is 0 Å². The van der Waals surface area contributed by atoms with Crippen molar-refractivity contribution in [3.63, 3.8) is 0 Å². The van der Waals surface area contributed by atoms with E-state index in [2.05, 4.69) is 15.7 Å². The van der Waals surface area contributed by atoms with Crippen molar-refractivity contribution < 1.29 is 9.90 Å². The lowest BCUT2D eigenvalue weighted by Crippen LogP contribution is -2.47. The molecule has 1 heterocycles. The maximum atomic E-state index is 12.2. The van der Waals surface area contributed by atoms with Gasteiger partial charge in [-0.2, -0.15) is 5.10 Å². The minimum Gasteiger partial charge on any atom is -0.388 e. The third kappa shape index (κ3) is 3.28. The Labute approximate surface area is 129 Å². The number of carbonyl (C=O) groups is 1. The van der Waals surface area contributed by atoms with Gasteiger partial charge in [0.15, 0.2) is 0 Å². The van der Waals surface area contributed by atoms with E-state index in [0.29, 0.717) is 12.1 Å². The van der Waals surface area contributed by atoms with Crippen LogP contribution in [0.5, 0.6) is 0 Å². The maximum Gasteiger partial charge on any atom is 0.251 e. The molecule has 1 aromatic heterocycles. The van der Waals surface area contributed by atoms with Gasteiger partial charge in [0.2, 0.25) is 0 Å². The zero-order chi connectivity index (χ0) is 15.6. The topological polar surface area (TPSA) is 79.2 Å². The van der Waals surface area contributed by atoms with E-state index in [1.54, 1.807) is 23.0 Å². The van der Waals surface area contributed by atoms with E-state index in [-0.39, 0.29) is 5.91 Å². The van der Waals surface area contributed by atoms with Crippen molar-refractivity contribution in [2.45, 2.75) is 24.9 Å². The highest BCUT2D eigenvalue weighted by molar-refractivity contribution is 5.95. The molecule has 116 valence electrons. The standard InChI is InChI=1S/C16H20N4O2/c1-20-10-14(9-18-20)19-13-5-2-4-12(8-13)15(21)17-11-16(22)6-3-7-16/h2,4-5,8-10,19,22H,3,6-7,11H2,1H3,(H,17,21). The lowest BCUT2D eigenvalue weighted by Gasteiger charge is -2.36. The molecule has 2 aromatic rings. The Kier molecular flexibility index (Phi) is 3.85. The van der Waals surface area contributed by atoms with E-state index < -0.39 is 5.60 Å². The molecule has 0 bridgehead atoms. The highest BCUT2D eigenvalue weighted by atomic mass is 16.3. The third-order valence-corrected chi connectivity index (χ3v) is 3.98. The first kappa shape index (κ1) is 14.6. The minimum atomic E-state index is -0.707. The van der Waals surface area contributed by atoms with Crippen LogP contribution in [-0.2, 0) is 7.05 Å². The molecule has 0 radical (unpaired) electrons. The molecule has 3 rings (SSSR count). The Morgan fingerprint density at radius 2 is 2.23 bits per heavy atom. The third-order valence-electron chi connectivity index (χ3n) is 3.98. The summed E-state index contributed by atoms with van der Waals surface area (Å²) in [5.74, 6) is -0.171. The summed E-state index contributed by atoms with van der Waals surface area (Å²) >= 11 is 0. The van der Waals surface area contributed by atoms with Gasteiger partial charge in [0, 0.05) is 31.0 Å². The van der Waals surface area contributed by atoms with Crippen LogP contribution >= 0.6 is 0 Å². The van der Waals surface area contributed by atoms with Gasteiger partial charge >= 0.3 is 0 Å². The molecule has 0 spiro atoms. The number of benzene rings is 1. The molecule has 1 fully saturated rings. The Balaban J connectivity index is 1.63. The Morgan fingerprint density at radius 1 is 1.41 bits per heavy atom. The predicted molar refractivity (Wildman–Crippen MR) is 84.1 cm³/mol. The van der Waals surface area contributed by atoms with Gasteiger partial charge in [0.05, 0.1) is 17.5 Å². The molecule has 1 aromatic carbocycles. The van der Waals surface area contributed by atoms with Crippen molar-refractivity contribution in [2.24, 2.45) is 7.05 Å². The fourth-order valence-corrected chi connectivity index (χ4v) is 2.50. The number of aliphatic hydroxyl groups is 1. The van der Waals surface area contributed by atoms with Crippen LogP contribution in [-0.4, -0.2) is 32.9 Å². The van der Waals surface area contributed by atoms with Crippen LogP contribution < -0.4 is 10.6 Å². The highest BCUT2D eigenvalue weighted by Gasteiger charge is 2.34. The van der Waals surface area contributed by atoms with Crippen molar-refractivity contribution in [1.82, 2.24) is 15.1 Å². The molecular weight excluding hydrogens is 280 g/mol. The lowest BCUT2D eigenvalue weighted by atomic mass is 9.80. The van der Waals surface area contributed by atoms with E-state index in [0.717, 1.165) is 30.6 Å². The van der Waals surface area contributed by atoms with E-state index in [4.69, 9.17) is 0 Å². The summed E-state index contributed by atoms with van der Waals surface area (Å²) in [4.78, 5) is 12.2. The van der Waals surface area contributed by atoms with Crippen LogP contribution in [0.3, 0.4) is 0 Å². The number of rotatable bonds is 5. The fraction of sp³-hybridized carbons (Fsp3) is 0.375. The monoisotopic (exact) mass is 300 g/mol. The summed E-state index contributed by atoms with van der Waals surface area (Å²) in [6, 6.07) is 7.26. The van der Waals surface area contributed by atoms with Crippen LogP contribution in [0.25, 0.3) is 0 Å². The van der Waals surface area contributed by atoms with Gasteiger partial charge in [-0.25, -0.2) is 0 Å². The zero-order valence-corrected chi connectivity index (χ0v) is 12.5. The Morgan fingerprint density at radius 3 is 2.86 bits per heavy atom. The normalized spacial score (nSPS) is 15.9. The molecule has 22 heavy (non-hydrogen) atoms. The molecule has 0 aliphatic heterocycles. The SMILES string of the molecule is Cn1cc(Nc2cccc(C(=O)NCC3(O)CCC3)c2)cn1. The summed E-state index contributed by atoms with van der Waals surface area (Å²) in [7, 11) is 1.85. The second kappa shape index (κ2) is 5.81. The van der Waals surface area contributed by atoms with Gasteiger partial charge in [-0.3, -0.25) is 9.48 Å². The van der Waals surface area contributed by atoms with Crippen LogP contribution in [0.2, 0.25) is 0 Å². The average Bonchev–Trinajstić information content (AvgIpc) is 2.88. The first-order chi connectivity index (χ1) is 10.5. The average molecular weight is 300 g/mol. The molecule has 0 saturated heterocycles. The predicted octanol–water partition coefficient (Wildman–Crippen LogP) is 1.81. The quantitative estimate of drug-likeness (QED) is 0.787. The molecule has 6 heteroatoms. The van der Waals surface area contributed by atoms with E-state index in [1.807, 2.05) is 25.4 Å². The first-order valence-corrected chi connectivity index (χ1v) is 7.40.